The Kier molecular flexibility index (Phi) is 7.40. The van der Waals surface area contributed by atoms with Crippen LogP contribution >= 0.6 is 24.2 Å². The highest BCUT2D eigenvalue weighted by Gasteiger charge is 2.25. The second-order valence-electron chi connectivity index (χ2n) is 3.85. The summed E-state index contributed by atoms with van der Waals surface area (Å²) in [6, 6.07) is -0.303. The summed E-state index contributed by atoms with van der Waals surface area (Å²) in [5, 5.41) is 0. The third kappa shape index (κ3) is 4.21. The minimum absolute atomic E-state index is 0. The van der Waals surface area contributed by atoms with Gasteiger partial charge >= 0.3 is 0 Å². The summed E-state index contributed by atoms with van der Waals surface area (Å²) < 4.78 is 0. The summed E-state index contributed by atoms with van der Waals surface area (Å²) in [6.07, 6.45) is 0.968. The number of hydrogen-bond acceptors (Lipinski definition) is 3. The van der Waals surface area contributed by atoms with Crippen LogP contribution in [0, 0.1) is 5.92 Å². The van der Waals surface area contributed by atoms with Gasteiger partial charge in [-0.1, -0.05) is 20.3 Å². The number of amides is 1. The number of carbonyl (C=O) groups is 1. The lowest BCUT2D eigenvalue weighted by atomic mass is 9.99. The molecule has 0 radical (unpaired) electrons. The van der Waals surface area contributed by atoms with E-state index in [4.69, 9.17) is 5.73 Å². The molecule has 15 heavy (non-hydrogen) atoms. The fraction of sp³-hybridized carbons (Fsp3) is 0.900. The fourth-order valence-electron chi connectivity index (χ4n) is 1.49. The second-order valence-corrected chi connectivity index (χ2v) is 5.07. The van der Waals surface area contributed by atoms with Crippen molar-refractivity contribution in [1.29, 1.82) is 0 Å². The predicted molar refractivity (Wildman–Crippen MR) is 68.6 cm³/mol. The van der Waals surface area contributed by atoms with Gasteiger partial charge in [0.25, 0.3) is 0 Å². The van der Waals surface area contributed by atoms with E-state index in [1.807, 2.05) is 23.6 Å². The van der Waals surface area contributed by atoms with Crippen LogP contribution < -0.4 is 5.73 Å². The van der Waals surface area contributed by atoms with E-state index in [9.17, 15) is 4.79 Å². The monoisotopic (exact) mass is 252 g/mol. The molecule has 0 aromatic rings. The third-order valence-electron chi connectivity index (χ3n) is 2.86. The lowest BCUT2D eigenvalue weighted by molar-refractivity contribution is -0.133. The molecule has 1 aliphatic heterocycles. The van der Waals surface area contributed by atoms with Crippen LogP contribution in [0.2, 0.25) is 0 Å². The van der Waals surface area contributed by atoms with Gasteiger partial charge in [-0.25, -0.2) is 0 Å². The van der Waals surface area contributed by atoms with Gasteiger partial charge in [0.2, 0.25) is 5.91 Å². The largest absolute Gasteiger partial charge is 0.340 e. The van der Waals surface area contributed by atoms with E-state index in [0.717, 1.165) is 31.0 Å². The first-order valence-electron chi connectivity index (χ1n) is 5.29. The average Bonchev–Trinajstić information content (AvgIpc) is 2.27. The summed E-state index contributed by atoms with van der Waals surface area (Å²) in [4.78, 5) is 13.8. The maximum atomic E-state index is 11.9. The van der Waals surface area contributed by atoms with E-state index in [0.29, 0.717) is 0 Å². The van der Waals surface area contributed by atoms with Gasteiger partial charge < -0.3 is 10.6 Å². The first-order valence-corrected chi connectivity index (χ1v) is 6.44. The molecule has 2 atom stereocenters. The van der Waals surface area contributed by atoms with E-state index < -0.39 is 0 Å². The SMILES string of the molecule is CC[C@H](C)[C@H](N)C(=O)N1CCSCC1.Cl. The Balaban J connectivity index is 0.00000196. The van der Waals surface area contributed by atoms with E-state index in [1.54, 1.807) is 0 Å². The molecular formula is C10H21ClN2OS. The minimum atomic E-state index is -0.303. The Labute approximate surface area is 103 Å². The van der Waals surface area contributed by atoms with Crippen molar-refractivity contribution in [3.05, 3.63) is 0 Å². The smallest absolute Gasteiger partial charge is 0.239 e. The molecule has 90 valence electrons. The molecule has 0 spiro atoms. The Morgan fingerprint density at radius 3 is 2.47 bits per heavy atom. The molecule has 0 aliphatic carbocycles. The molecule has 0 saturated carbocycles. The van der Waals surface area contributed by atoms with Crippen LogP contribution in [0.4, 0.5) is 0 Å². The number of rotatable bonds is 3. The molecule has 0 unspecified atom stereocenters. The molecule has 1 heterocycles. The summed E-state index contributed by atoms with van der Waals surface area (Å²) in [5.41, 5.74) is 5.90. The van der Waals surface area contributed by atoms with Crippen LogP contribution in [-0.2, 0) is 4.79 Å². The molecular weight excluding hydrogens is 232 g/mol. The predicted octanol–water partition coefficient (Wildman–Crippen LogP) is 1.36. The molecule has 0 aromatic carbocycles. The highest BCUT2D eigenvalue weighted by atomic mass is 35.5. The molecule has 1 rings (SSSR count). The van der Waals surface area contributed by atoms with Gasteiger partial charge in [-0.15, -0.1) is 12.4 Å². The Morgan fingerprint density at radius 2 is 2.00 bits per heavy atom. The van der Waals surface area contributed by atoms with Gasteiger partial charge in [-0.2, -0.15) is 11.8 Å². The summed E-state index contributed by atoms with van der Waals surface area (Å²) in [5.74, 6) is 2.54. The highest BCUT2D eigenvalue weighted by molar-refractivity contribution is 7.99. The zero-order chi connectivity index (χ0) is 10.6. The van der Waals surface area contributed by atoms with Crippen molar-refractivity contribution in [3.63, 3.8) is 0 Å². The fourth-order valence-corrected chi connectivity index (χ4v) is 2.39. The molecule has 0 bridgehead atoms. The van der Waals surface area contributed by atoms with Crippen molar-refractivity contribution in [1.82, 2.24) is 4.90 Å². The normalized spacial score (nSPS) is 20.3. The number of halogens is 1. The lowest BCUT2D eigenvalue weighted by Crippen LogP contribution is -2.49. The topological polar surface area (TPSA) is 46.3 Å². The first kappa shape index (κ1) is 15.1. The average molecular weight is 253 g/mol. The Bertz CT molecular complexity index is 194. The number of carbonyl (C=O) groups excluding carboxylic acids is 1. The Hall–Kier alpha value is 0.0700. The van der Waals surface area contributed by atoms with Crippen LogP contribution in [0.15, 0.2) is 0 Å². The standard InChI is InChI=1S/C10H20N2OS.ClH/c1-3-8(2)9(11)10(13)12-4-6-14-7-5-12;/h8-9H,3-7,11H2,1-2H3;1H/t8-,9-;/m0./s1. The molecule has 1 saturated heterocycles. The van der Waals surface area contributed by atoms with Gasteiger partial charge in [-0.05, 0) is 5.92 Å². The van der Waals surface area contributed by atoms with Crippen molar-refractivity contribution in [2.24, 2.45) is 11.7 Å². The Morgan fingerprint density at radius 1 is 1.47 bits per heavy atom. The van der Waals surface area contributed by atoms with Gasteiger partial charge in [0, 0.05) is 24.6 Å². The maximum absolute atomic E-state index is 11.9. The zero-order valence-corrected chi connectivity index (χ0v) is 11.1. The second kappa shape index (κ2) is 7.36. The quantitative estimate of drug-likeness (QED) is 0.825. The van der Waals surface area contributed by atoms with Crippen LogP contribution in [0.25, 0.3) is 0 Å². The molecule has 0 aromatic heterocycles. The van der Waals surface area contributed by atoms with Gasteiger partial charge in [0.05, 0.1) is 6.04 Å². The van der Waals surface area contributed by atoms with Gasteiger partial charge in [0.1, 0.15) is 0 Å². The number of thioether (sulfide) groups is 1. The van der Waals surface area contributed by atoms with Crippen LogP contribution in [-0.4, -0.2) is 41.4 Å². The zero-order valence-electron chi connectivity index (χ0n) is 9.44. The third-order valence-corrected chi connectivity index (χ3v) is 3.81. The van der Waals surface area contributed by atoms with E-state index in [1.165, 1.54) is 0 Å². The summed E-state index contributed by atoms with van der Waals surface area (Å²) >= 11 is 1.91. The maximum Gasteiger partial charge on any atom is 0.239 e. The van der Waals surface area contributed by atoms with E-state index in [-0.39, 0.29) is 30.3 Å². The minimum Gasteiger partial charge on any atom is -0.340 e. The molecule has 1 amide bonds. The number of nitrogens with two attached hydrogens (primary N) is 1. The van der Waals surface area contributed by atoms with Crippen LogP contribution in [0.3, 0.4) is 0 Å². The van der Waals surface area contributed by atoms with Crippen LogP contribution in [0.5, 0.6) is 0 Å². The molecule has 1 aliphatic rings. The molecule has 5 heteroatoms. The van der Waals surface area contributed by atoms with Crippen molar-refractivity contribution in [2.45, 2.75) is 26.3 Å². The van der Waals surface area contributed by atoms with Crippen molar-refractivity contribution < 1.29 is 4.79 Å². The van der Waals surface area contributed by atoms with Gasteiger partial charge in [-0.3, -0.25) is 4.79 Å². The van der Waals surface area contributed by atoms with Crippen molar-refractivity contribution in [2.75, 3.05) is 24.6 Å². The van der Waals surface area contributed by atoms with Gasteiger partial charge in [0.15, 0.2) is 0 Å². The first-order chi connectivity index (χ1) is 6.66. The van der Waals surface area contributed by atoms with Crippen molar-refractivity contribution >= 4 is 30.1 Å². The molecule has 1 fully saturated rings. The number of hydrogen-bond donors (Lipinski definition) is 1. The molecule has 2 N–H and O–H groups in total. The lowest BCUT2D eigenvalue weighted by Gasteiger charge is -2.30. The van der Waals surface area contributed by atoms with E-state index >= 15 is 0 Å². The highest BCUT2D eigenvalue weighted by Crippen LogP contribution is 2.13. The van der Waals surface area contributed by atoms with E-state index in [2.05, 4.69) is 6.92 Å². The van der Waals surface area contributed by atoms with Crippen molar-refractivity contribution in [3.8, 4) is 0 Å². The summed E-state index contributed by atoms with van der Waals surface area (Å²) in [6.45, 7) is 5.85. The number of nitrogens with zero attached hydrogens (tertiary/aromatic N) is 1. The van der Waals surface area contributed by atoms with Crippen LogP contribution in [0.1, 0.15) is 20.3 Å². The molecule has 3 nitrogen and oxygen atoms in total. The summed E-state index contributed by atoms with van der Waals surface area (Å²) in [7, 11) is 0.